The van der Waals surface area contributed by atoms with E-state index in [1.165, 1.54) is 0 Å². The topological polar surface area (TPSA) is 76.3 Å². The first-order valence-electron chi connectivity index (χ1n) is 8.35. The SMILES string of the molecule is Cc1noc([C@H]2CCCN(CCCS(=O)(=O)c3ccccc3)C2)n1. The van der Waals surface area contributed by atoms with Gasteiger partial charge in [0.15, 0.2) is 15.7 Å². The average Bonchev–Trinajstić information content (AvgIpc) is 3.02. The molecule has 130 valence electrons. The first-order valence-corrected chi connectivity index (χ1v) is 10.0. The first-order chi connectivity index (χ1) is 11.5. The highest BCUT2D eigenvalue weighted by molar-refractivity contribution is 7.91. The number of hydrogen-bond acceptors (Lipinski definition) is 6. The lowest BCUT2D eigenvalue weighted by atomic mass is 9.98. The maximum absolute atomic E-state index is 12.3. The van der Waals surface area contributed by atoms with E-state index < -0.39 is 9.84 Å². The molecule has 1 atom stereocenters. The third kappa shape index (κ3) is 4.21. The summed E-state index contributed by atoms with van der Waals surface area (Å²) in [6.07, 6.45) is 2.74. The van der Waals surface area contributed by atoms with Crippen LogP contribution in [-0.4, -0.2) is 48.8 Å². The predicted octanol–water partition coefficient (Wildman–Crippen LogP) is 2.42. The molecule has 1 aliphatic heterocycles. The van der Waals surface area contributed by atoms with E-state index in [4.69, 9.17) is 4.52 Å². The molecular formula is C17H23N3O3S. The van der Waals surface area contributed by atoms with Crippen LogP contribution < -0.4 is 0 Å². The Labute approximate surface area is 142 Å². The summed E-state index contributed by atoms with van der Waals surface area (Å²) in [6.45, 7) is 4.44. The van der Waals surface area contributed by atoms with Gasteiger partial charge in [-0.2, -0.15) is 4.98 Å². The summed E-state index contributed by atoms with van der Waals surface area (Å²) in [5, 5.41) is 3.86. The minimum Gasteiger partial charge on any atom is -0.339 e. The van der Waals surface area contributed by atoms with Gasteiger partial charge in [-0.25, -0.2) is 8.42 Å². The van der Waals surface area contributed by atoms with Gasteiger partial charge in [-0.05, 0) is 51.4 Å². The van der Waals surface area contributed by atoms with Crippen LogP contribution in [0.3, 0.4) is 0 Å². The van der Waals surface area contributed by atoms with Gasteiger partial charge in [0, 0.05) is 6.54 Å². The van der Waals surface area contributed by atoms with Crippen LogP contribution in [0.4, 0.5) is 0 Å². The molecule has 7 heteroatoms. The monoisotopic (exact) mass is 349 g/mol. The Morgan fingerprint density at radius 3 is 2.79 bits per heavy atom. The normalized spacial score (nSPS) is 19.5. The van der Waals surface area contributed by atoms with Gasteiger partial charge in [-0.1, -0.05) is 23.4 Å². The van der Waals surface area contributed by atoms with Crippen molar-refractivity contribution in [3.63, 3.8) is 0 Å². The summed E-state index contributed by atoms with van der Waals surface area (Å²) in [7, 11) is -3.19. The molecule has 0 amide bonds. The number of piperidine rings is 1. The number of aryl methyl sites for hydroxylation is 1. The molecule has 0 unspecified atom stereocenters. The standard InChI is InChI=1S/C17H23N3O3S/c1-14-18-17(23-19-14)15-7-5-10-20(13-15)11-6-12-24(21,22)16-8-3-2-4-9-16/h2-4,8-9,15H,5-7,10-13H2,1H3/t15-/m0/s1. The van der Waals surface area contributed by atoms with Gasteiger partial charge in [0.05, 0.1) is 16.6 Å². The number of nitrogens with zero attached hydrogens (tertiary/aromatic N) is 3. The van der Waals surface area contributed by atoms with Crippen LogP contribution in [-0.2, 0) is 9.84 Å². The first kappa shape index (κ1) is 17.1. The predicted molar refractivity (Wildman–Crippen MR) is 90.6 cm³/mol. The lowest BCUT2D eigenvalue weighted by Gasteiger charge is -2.30. The molecule has 2 aromatic rings. The molecule has 1 fully saturated rings. The smallest absolute Gasteiger partial charge is 0.231 e. The van der Waals surface area contributed by atoms with Crippen molar-refractivity contribution < 1.29 is 12.9 Å². The number of hydrogen-bond donors (Lipinski definition) is 0. The average molecular weight is 349 g/mol. The summed E-state index contributed by atoms with van der Waals surface area (Å²) in [5.41, 5.74) is 0. The summed E-state index contributed by atoms with van der Waals surface area (Å²) in [4.78, 5) is 7.03. The highest BCUT2D eigenvalue weighted by Crippen LogP contribution is 2.25. The summed E-state index contributed by atoms with van der Waals surface area (Å²) >= 11 is 0. The fourth-order valence-corrected chi connectivity index (χ4v) is 4.48. The molecule has 0 bridgehead atoms. The zero-order valence-electron chi connectivity index (χ0n) is 13.9. The lowest BCUT2D eigenvalue weighted by Crippen LogP contribution is -2.35. The molecule has 1 aliphatic rings. The van der Waals surface area contributed by atoms with Gasteiger partial charge >= 0.3 is 0 Å². The van der Waals surface area contributed by atoms with Crippen LogP contribution in [0.2, 0.25) is 0 Å². The van der Waals surface area contributed by atoms with Crippen LogP contribution in [0.1, 0.15) is 36.9 Å². The van der Waals surface area contributed by atoms with Crippen molar-refractivity contribution in [3.8, 4) is 0 Å². The van der Waals surface area contributed by atoms with E-state index in [1.54, 1.807) is 24.3 Å². The highest BCUT2D eigenvalue weighted by Gasteiger charge is 2.25. The molecule has 6 nitrogen and oxygen atoms in total. The number of benzene rings is 1. The van der Waals surface area contributed by atoms with Crippen LogP contribution in [0.5, 0.6) is 0 Å². The van der Waals surface area contributed by atoms with Crippen molar-refractivity contribution in [1.82, 2.24) is 15.0 Å². The van der Waals surface area contributed by atoms with E-state index in [2.05, 4.69) is 15.0 Å². The Morgan fingerprint density at radius 2 is 2.08 bits per heavy atom. The molecule has 24 heavy (non-hydrogen) atoms. The van der Waals surface area contributed by atoms with Crippen LogP contribution >= 0.6 is 0 Å². The largest absolute Gasteiger partial charge is 0.339 e. The Bertz CT molecular complexity index is 758. The fraction of sp³-hybridized carbons (Fsp3) is 0.529. The van der Waals surface area contributed by atoms with E-state index in [0.717, 1.165) is 32.5 Å². The van der Waals surface area contributed by atoms with Gasteiger partial charge < -0.3 is 9.42 Å². The van der Waals surface area contributed by atoms with E-state index in [1.807, 2.05) is 13.0 Å². The van der Waals surface area contributed by atoms with Crippen molar-refractivity contribution in [2.75, 3.05) is 25.4 Å². The quantitative estimate of drug-likeness (QED) is 0.797. The van der Waals surface area contributed by atoms with Gasteiger partial charge in [-0.15, -0.1) is 0 Å². The zero-order chi connectivity index (χ0) is 17.0. The number of likely N-dealkylation sites (tertiary alicyclic amines) is 1. The maximum atomic E-state index is 12.3. The highest BCUT2D eigenvalue weighted by atomic mass is 32.2. The summed E-state index contributed by atoms with van der Waals surface area (Å²) in [5.74, 6) is 1.80. The molecule has 3 rings (SSSR count). The van der Waals surface area contributed by atoms with Crippen molar-refractivity contribution in [2.45, 2.75) is 37.0 Å². The molecular weight excluding hydrogens is 326 g/mol. The fourth-order valence-electron chi connectivity index (χ4n) is 3.16. The van der Waals surface area contributed by atoms with Gasteiger partial charge in [0.1, 0.15) is 0 Å². The molecule has 0 radical (unpaired) electrons. The molecule has 0 spiro atoms. The minimum absolute atomic E-state index is 0.178. The van der Waals surface area contributed by atoms with Gasteiger partial charge in [0.25, 0.3) is 0 Å². The molecule has 0 aliphatic carbocycles. The molecule has 0 N–H and O–H groups in total. The second kappa shape index (κ2) is 7.44. The molecule has 1 aromatic heterocycles. The molecule has 0 saturated carbocycles. The van der Waals surface area contributed by atoms with Crippen LogP contribution in [0.25, 0.3) is 0 Å². The van der Waals surface area contributed by atoms with Crippen molar-refractivity contribution >= 4 is 9.84 Å². The Hall–Kier alpha value is -1.73. The minimum atomic E-state index is -3.19. The van der Waals surface area contributed by atoms with E-state index in [-0.39, 0.29) is 11.7 Å². The summed E-state index contributed by atoms with van der Waals surface area (Å²) < 4.78 is 29.9. The third-order valence-corrected chi connectivity index (χ3v) is 6.20. The van der Waals surface area contributed by atoms with Gasteiger partial charge in [-0.3, -0.25) is 0 Å². The van der Waals surface area contributed by atoms with Crippen LogP contribution in [0.15, 0.2) is 39.8 Å². The molecule has 1 saturated heterocycles. The zero-order valence-corrected chi connectivity index (χ0v) is 14.7. The molecule has 2 heterocycles. The second-order valence-corrected chi connectivity index (χ2v) is 8.41. The number of aromatic nitrogens is 2. The van der Waals surface area contributed by atoms with E-state index in [9.17, 15) is 8.42 Å². The lowest BCUT2D eigenvalue weighted by molar-refractivity contribution is 0.187. The Kier molecular flexibility index (Phi) is 5.30. The summed E-state index contributed by atoms with van der Waals surface area (Å²) in [6, 6.07) is 8.66. The Balaban J connectivity index is 1.51. The Morgan fingerprint density at radius 1 is 1.29 bits per heavy atom. The van der Waals surface area contributed by atoms with Crippen molar-refractivity contribution in [1.29, 1.82) is 0 Å². The number of sulfone groups is 1. The maximum Gasteiger partial charge on any atom is 0.231 e. The van der Waals surface area contributed by atoms with E-state index >= 15 is 0 Å². The van der Waals surface area contributed by atoms with Crippen LogP contribution in [0, 0.1) is 6.92 Å². The van der Waals surface area contributed by atoms with Crippen molar-refractivity contribution in [3.05, 3.63) is 42.0 Å². The van der Waals surface area contributed by atoms with Gasteiger partial charge in [0.2, 0.25) is 5.89 Å². The van der Waals surface area contributed by atoms with E-state index in [0.29, 0.717) is 23.0 Å². The number of rotatable bonds is 6. The van der Waals surface area contributed by atoms with Crippen molar-refractivity contribution in [2.24, 2.45) is 0 Å². The molecule has 1 aromatic carbocycles. The second-order valence-electron chi connectivity index (χ2n) is 6.31. The third-order valence-electron chi connectivity index (χ3n) is 4.39.